The second-order valence-corrected chi connectivity index (χ2v) is 6.11. The number of nitrogens with one attached hydrogen (secondary N) is 1. The predicted molar refractivity (Wildman–Crippen MR) is 96.0 cm³/mol. The van der Waals surface area contributed by atoms with Crippen LogP contribution in [0.25, 0.3) is 0 Å². The van der Waals surface area contributed by atoms with Gasteiger partial charge in [-0.3, -0.25) is 4.79 Å². The van der Waals surface area contributed by atoms with Crippen LogP contribution in [0.1, 0.15) is 17.4 Å². The minimum atomic E-state index is -0.712. The van der Waals surface area contributed by atoms with Crippen LogP contribution in [-0.2, 0) is 11.8 Å². The number of para-hydroxylation sites is 2. The van der Waals surface area contributed by atoms with Gasteiger partial charge in [-0.2, -0.15) is 0 Å². The SMILES string of the molecule is Cn1ccnc1[C@@H](NC(=O)[C@@H]1COc2ccccc2O1)c1ccccc1. The molecule has 1 aliphatic rings. The fraction of sp³-hybridized carbons (Fsp3) is 0.200. The van der Waals surface area contributed by atoms with Crippen LogP contribution >= 0.6 is 0 Å². The molecule has 0 radical (unpaired) electrons. The zero-order chi connectivity index (χ0) is 17.9. The molecule has 0 saturated heterocycles. The van der Waals surface area contributed by atoms with E-state index in [9.17, 15) is 4.79 Å². The molecule has 0 spiro atoms. The molecule has 26 heavy (non-hydrogen) atoms. The lowest BCUT2D eigenvalue weighted by atomic mass is 10.1. The summed E-state index contributed by atoms with van der Waals surface area (Å²) in [5, 5.41) is 3.05. The zero-order valence-electron chi connectivity index (χ0n) is 14.3. The maximum absolute atomic E-state index is 12.8. The summed E-state index contributed by atoms with van der Waals surface area (Å²) in [4.78, 5) is 17.2. The van der Waals surface area contributed by atoms with Crippen molar-refractivity contribution in [1.82, 2.24) is 14.9 Å². The van der Waals surface area contributed by atoms with Crippen molar-refractivity contribution in [3.05, 3.63) is 78.4 Å². The molecule has 0 aliphatic carbocycles. The first kappa shape index (κ1) is 16.2. The van der Waals surface area contributed by atoms with E-state index < -0.39 is 6.10 Å². The van der Waals surface area contributed by atoms with E-state index in [1.165, 1.54) is 0 Å². The second-order valence-electron chi connectivity index (χ2n) is 6.11. The molecular weight excluding hydrogens is 330 g/mol. The van der Waals surface area contributed by atoms with Gasteiger partial charge in [0.2, 0.25) is 6.10 Å². The number of hydrogen-bond acceptors (Lipinski definition) is 4. The number of aromatic nitrogens is 2. The van der Waals surface area contributed by atoms with Gasteiger partial charge in [-0.05, 0) is 17.7 Å². The molecule has 132 valence electrons. The fourth-order valence-corrected chi connectivity index (χ4v) is 2.98. The number of benzene rings is 2. The first-order valence-corrected chi connectivity index (χ1v) is 8.43. The molecule has 6 nitrogen and oxygen atoms in total. The third-order valence-electron chi connectivity index (χ3n) is 4.34. The first-order valence-electron chi connectivity index (χ1n) is 8.43. The summed E-state index contributed by atoms with van der Waals surface area (Å²) < 4.78 is 13.4. The Morgan fingerprint density at radius 3 is 2.62 bits per heavy atom. The minimum Gasteiger partial charge on any atom is -0.485 e. The largest absolute Gasteiger partial charge is 0.485 e. The highest BCUT2D eigenvalue weighted by atomic mass is 16.6. The van der Waals surface area contributed by atoms with Gasteiger partial charge in [0.25, 0.3) is 5.91 Å². The van der Waals surface area contributed by atoms with Crippen LogP contribution in [0.15, 0.2) is 67.0 Å². The normalized spacial score (nSPS) is 16.7. The van der Waals surface area contributed by atoms with Gasteiger partial charge >= 0.3 is 0 Å². The van der Waals surface area contributed by atoms with Crippen molar-refractivity contribution in [3.63, 3.8) is 0 Å². The van der Waals surface area contributed by atoms with E-state index in [4.69, 9.17) is 9.47 Å². The average molecular weight is 349 g/mol. The van der Waals surface area contributed by atoms with E-state index >= 15 is 0 Å². The molecule has 1 amide bonds. The smallest absolute Gasteiger partial charge is 0.265 e. The summed E-state index contributed by atoms with van der Waals surface area (Å²) in [6, 6.07) is 16.7. The number of carbonyl (C=O) groups excluding carboxylic acids is 1. The third-order valence-corrected chi connectivity index (χ3v) is 4.34. The Morgan fingerprint density at radius 2 is 1.88 bits per heavy atom. The van der Waals surface area contributed by atoms with E-state index in [0.717, 1.165) is 11.4 Å². The van der Waals surface area contributed by atoms with Crippen molar-refractivity contribution >= 4 is 5.91 Å². The first-order chi connectivity index (χ1) is 12.7. The van der Waals surface area contributed by atoms with E-state index in [1.807, 2.05) is 66.3 Å². The van der Waals surface area contributed by atoms with Gasteiger partial charge < -0.3 is 19.4 Å². The van der Waals surface area contributed by atoms with Crippen molar-refractivity contribution in [2.75, 3.05) is 6.61 Å². The Kier molecular flexibility index (Phi) is 4.31. The van der Waals surface area contributed by atoms with Crippen LogP contribution in [0.2, 0.25) is 0 Å². The lowest BCUT2D eigenvalue weighted by molar-refractivity contribution is -0.130. The Labute approximate surface area is 151 Å². The Balaban J connectivity index is 1.57. The lowest BCUT2D eigenvalue weighted by Gasteiger charge is -2.27. The molecule has 2 atom stereocenters. The topological polar surface area (TPSA) is 65.4 Å². The number of fused-ring (bicyclic) bond motifs is 1. The molecule has 0 fully saturated rings. The summed E-state index contributed by atoms with van der Waals surface area (Å²) in [5.41, 5.74) is 0.951. The van der Waals surface area contributed by atoms with Gasteiger partial charge in [-0.25, -0.2) is 4.98 Å². The molecule has 0 saturated carbocycles. The van der Waals surface area contributed by atoms with E-state index in [0.29, 0.717) is 11.5 Å². The molecular formula is C20H19N3O3. The number of amides is 1. The highest BCUT2D eigenvalue weighted by Gasteiger charge is 2.30. The van der Waals surface area contributed by atoms with Gasteiger partial charge in [0, 0.05) is 19.4 Å². The lowest BCUT2D eigenvalue weighted by Crippen LogP contribution is -2.45. The molecule has 0 bridgehead atoms. The fourth-order valence-electron chi connectivity index (χ4n) is 2.98. The highest BCUT2D eigenvalue weighted by Crippen LogP contribution is 2.31. The van der Waals surface area contributed by atoms with E-state index in [2.05, 4.69) is 10.3 Å². The van der Waals surface area contributed by atoms with Gasteiger partial charge in [0.15, 0.2) is 11.5 Å². The molecule has 2 heterocycles. The number of carbonyl (C=O) groups is 1. The number of nitrogens with zero attached hydrogens (tertiary/aromatic N) is 2. The van der Waals surface area contributed by atoms with E-state index in [-0.39, 0.29) is 18.6 Å². The second kappa shape index (κ2) is 6.92. The molecule has 1 aromatic heterocycles. The van der Waals surface area contributed by atoms with Crippen LogP contribution in [0.4, 0.5) is 0 Å². The molecule has 3 aromatic rings. The summed E-state index contributed by atoms with van der Waals surface area (Å²) >= 11 is 0. The summed E-state index contributed by atoms with van der Waals surface area (Å²) in [5.74, 6) is 1.74. The number of hydrogen-bond donors (Lipinski definition) is 1. The molecule has 2 aromatic carbocycles. The Morgan fingerprint density at radius 1 is 1.15 bits per heavy atom. The van der Waals surface area contributed by atoms with Gasteiger partial charge in [0.1, 0.15) is 18.5 Å². The monoisotopic (exact) mass is 349 g/mol. The molecule has 6 heteroatoms. The number of ether oxygens (including phenoxy) is 2. The number of imidazole rings is 1. The third kappa shape index (κ3) is 3.13. The summed E-state index contributed by atoms with van der Waals surface area (Å²) in [7, 11) is 1.90. The molecule has 0 unspecified atom stereocenters. The Bertz CT molecular complexity index is 907. The van der Waals surface area contributed by atoms with Gasteiger partial charge in [-0.15, -0.1) is 0 Å². The van der Waals surface area contributed by atoms with Gasteiger partial charge in [0.05, 0.1) is 0 Å². The molecule has 1 N–H and O–H groups in total. The van der Waals surface area contributed by atoms with Crippen LogP contribution < -0.4 is 14.8 Å². The summed E-state index contributed by atoms with van der Waals surface area (Å²) in [6.45, 7) is 0.172. The van der Waals surface area contributed by atoms with Crippen molar-refractivity contribution in [2.45, 2.75) is 12.1 Å². The van der Waals surface area contributed by atoms with E-state index in [1.54, 1.807) is 12.3 Å². The van der Waals surface area contributed by atoms with Crippen molar-refractivity contribution in [1.29, 1.82) is 0 Å². The van der Waals surface area contributed by atoms with Crippen LogP contribution in [0.3, 0.4) is 0 Å². The van der Waals surface area contributed by atoms with Crippen molar-refractivity contribution < 1.29 is 14.3 Å². The van der Waals surface area contributed by atoms with Crippen molar-refractivity contribution in [2.24, 2.45) is 7.05 Å². The maximum atomic E-state index is 12.8. The Hall–Kier alpha value is -3.28. The number of aryl methyl sites for hydroxylation is 1. The van der Waals surface area contributed by atoms with Crippen LogP contribution in [0, 0.1) is 0 Å². The minimum absolute atomic E-state index is 0.172. The molecule has 4 rings (SSSR count). The van der Waals surface area contributed by atoms with Gasteiger partial charge in [-0.1, -0.05) is 42.5 Å². The quantitative estimate of drug-likeness (QED) is 0.786. The van der Waals surface area contributed by atoms with Crippen LogP contribution in [0.5, 0.6) is 11.5 Å². The summed E-state index contributed by atoms with van der Waals surface area (Å²) in [6.07, 6.45) is 2.86. The standard InChI is InChI=1S/C20H19N3O3/c1-23-12-11-21-19(23)18(14-7-3-2-4-8-14)22-20(24)17-13-25-15-9-5-6-10-16(15)26-17/h2-12,17-18H,13H2,1H3,(H,22,24)/t17-,18-/m0/s1. The average Bonchev–Trinajstić information content (AvgIpc) is 3.12. The van der Waals surface area contributed by atoms with Crippen LogP contribution in [-0.4, -0.2) is 28.2 Å². The van der Waals surface area contributed by atoms with Crippen molar-refractivity contribution in [3.8, 4) is 11.5 Å². The number of rotatable bonds is 4. The predicted octanol–water partition coefficient (Wildman–Crippen LogP) is 2.47. The molecule has 1 aliphatic heterocycles. The highest BCUT2D eigenvalue weighted by molar-refractivity contribution is 5.82. The maximum Gasteiger partial charge on any atom is 0.265 e. The zero-order valence-corrected chi connectivity index (χ0v) is 14.3.